The zero-order chi connectivity index (χ0) is 23.8. The summed E-state index contributed by atoms with van der Waals surface area (Å²) in [6.07, 6.45) is 7.72. The Morgan fingerprint density at radius 2 is 1.88 bits per heavy atom. The summed E-state index contributed by atoms with van der Waals surface area (Å²) < 4.78 is 6.00. The normalized spacial score (nSPS) is 15.5. The molecule has 180 valence electrons. The van der Waals surface area contributed by atoms with E-state index in [9.17, 15) is 9.90 Å². The van der Waals surface area contributed by atoms with Crippen LogP contribution in [0.1, 0.15) is 60.0 Å². The largest absolute Gasteiger partial charge is 0.494 e. The molecule has 0 spiro atoms. The van der Waals surface area contributed by atoms with E-state index in [-0.39, 0.29) is 12.3 Å². The number of rotatable bonds is 11. The van der Waals surface area contributed by atoms with E-state index in [1.54, 1.807) is 12.4 Å². The fraction of sp³-hybridized carbons (Fsp3) is 0.560. The van der Waals surface area contributed by atoms with Crippen LogP contribution in [0.25, 0.3) is 0 Å². The second kappa shape index (κ2) is 12.3. The van der Waals surface area contributed by atoms with E-state index >= 15 is 0 Å². The van der Waals surface area contributed by atoms with Gasteiger partial charge in [0.2, 0.25) is 5.95 Å². The van der Waals surface area contributed by atoms with E-state index in [4.69, 9.17) is 22.1 Å². The molecule has 7 nitrogen and oxygen atoms in total. The minimum atomic E-state index is -0.629. The Labute approximate surface area is 201 Å². The topological polar surface area (TPSA) is 102 Å². The predicted molar refractivity (Wildman–Crippen MR) is 131 cm³/mol. The van der Waals surface area contributed by atoms with E-state index in [1.165, 1.54) is 0 Å². The molecule has 1 fully saturated rings. The van der Waals surface area contributed by atoms with Crippen LogP contribution < -0.4 is 15.4 Å². The smallest absolute Gasteiger partial charge is 0.225 e. The standard InChI is InChI=1S/C25H35ClN4O3/c1-17-12-22(13-18(2)24(17)23(32)6-5-21(31)14-27)33-11-3-4-19-7-9-30(10-8-19)25-28-15-20(26)16-29-25/h12-13,15-16,19,21,31H,3-11,14,27H2,1-2H3/t21-/m0/s1. The molecule has 1 aliphatic rings. The molecule has 0 unspecified atom stereocenters. The summed E-state index contributed by atoms with van der Waals surface area (Å²) in [6, 6.07) is 3.87. The number of nitrogens with two attached hydrogens (primary N) is 1. The number of aromatic nitrogens is 2. The third-order valence-corrected chi connectivity index (χ3v) is 6.49. The number of anilines is 1. The lowest BCUT2D eigenvalue weighted by Gasteiger charge is -2.32. The van der Waals surface area contributed by atoms with Gasteiger partial charge in [-0.25, -0.2) is 9.97 Å². The molecule has 1 aromatic carbocycles. The molecule has 0 saturated carbocycles. The molecule has 8 heteroatoms. The van der Waals surface area contributed by atoms with Gasteiger partial charge in [0, 0.05) is 31.6 Å². The number of aliphatic hydroxyl groups excluding tert-OH is 1. The number of nitrogens with zero attached hydrogens (tertiary/aromatic N) is 3. The predicted octanol–water partition coefficient (Wildman–Crippen LogP) is 4.10. The van der Waals surface area contributed by atoms with Gasteiger partial charge in [0.25, 0.3) is 0 Å². The summed E-state index contributed by atoms with van der Waals surface area (Å²) in [7, 11) is 0. The Kier molecular flexibility index (Phi) is 9.47. The highest BCUT2D eigenvalue weighted by Crippen LogP contribution is 2.26. The summed E-state index contributed by atoms with van der Waals surface area (Å²) in [5, 5.41) is 10.2. The van der Waals surface area contributed by atoms with Gasteiger partial charge in [-0.2, -0.15) is 0 Å². The van der Waals surface area contributed by atoms with Gasteiger partial charge in [-0.15, -0.1) is 0 Å². The SMILES string of the molecule is Cc1cc(OCCCC2CCN(c3ncc(Cl)cn3)CC2)cc(C)c1C(=O)CC[C@H](O)CN. The Hall–Kier alpha value is -2.22. The number of halogens is 1. The molecule has 3 rings (SSSR count). The van der Waals surface area contributed by atoms with Gasteiger partial charge in [0.15, 0.2) is 5.78 Å². The van der Waals surface area contributed by atoms with E-state index < -0.39 is 6.10 Å². The molecule has 0 amide bonds. The van der Waals surface area contributed by atoms with Crippen molar-refractivity contribution >= 4 is 23.3 Å². The van der Waals surface area contributed by atoms with Gasteiger partial charge < -0.3 is 20.5 Å². The van der Waals surface area contributed by atoms with Gasteiger partial charge in [-0.3, -0.25) is 4.79 Å². The monoisotopic (exact) mass is 474 g/mol. The Morgan fingerprint density at radius 3 is 2.48 bits per heavy atom. The molecule has 1 atom stereocenters. The average Bonchev–Trinajstić information content (AvgIpc) is 2.81. The average molecular weight is 475 g/mol. The first-order valence-electron chi connectivity index (χ1n) is 11.7. The van der Waals surface area contributed by atoms with Gasteiger partial charge in [-0.1, -0.05) is 11.6 Å². The number of carbonyl (C=O) groups is 1. The molecule has 1 saturated heterocycles. The van der Waals surface area contributed by atoms with E-state index in [0.717, 1.165) is 67.2 Å². The first kappa shape index (κ1) is 25.4. The number of hydrogen-bond donors (Lipinski definition) is 2. The van der Waals surface area contributed by atoms with Crippen LogP contribution in [0.3, 0.4) is 0 Å². The molecule has 3 N–H and O–H groups in total. The quantitative estimate of drug-likeness (QED) is 0.373. The zero-order valence-electron chi connectivity index (χ0n) is 19.6. The number of ketones is 1. The lowest BCUT2D eigenvalue weighted by atomic mass is 9.92. The lowest BCUT2D eigenvalue weighted by Crippen LogP contribution is -2.34. The molecule has 0 bridgehead atoms. The van der Waals surface area contributed by atoms with Crippen LogP contribution >= 0.6 is 11.6 Å². The number of aryl methyl sites for hydroxylation is 2. The first-order chi connectivity index (χ1) is 15.9. The number of carbonyl (C=O) groups excluding carboxylic acids is 1. The molecule has 2 aromatic rings. The number of benzene rings is 1. The van der Waals surface area contributed by atoms with Crippen molar-refractivity contribution in [1.29, 1.82) is 0 Å². The summed E-state index contributed by atoms with van der Waals surface area (Å²) in [6.45, 7) is 6.63. The van der Waals surface area contributed by atoms with Gasteiger partial charge >= 0.3 is 0 Å². The number of aliphatic hydroxyl groups is 1. The van der Waals surface area contributed by atoms with Crippen molar-refractivity contribution in [1.82, 2.24) is 9.97 Å². The number of ether oxygens (including phenoxy) is 1. The maximum absolute atomic E-state index is 12.6. The van der Waals surface area contributed by atoms with Crippen molar-refractivity contribution in [3.8, 4) is 5.75 Å². The number of piperidine rings is 1. The summed E-state index contributed by atoms with van der Waals surface area (Å²) >= 11 is 5.87. The molecule has 1 aromatic heterocycles. The molecule has 0 radical (unpaired) electrons. The van der Waals surface area contributed by atoms with Crippen molar-refractivity contribution < 1.29 is 14.6 Å². The minimum Gasteiger partial charge on any atom is -0.494 e. The third kappa shape index (κ3) is 7.39. The second-order valence-corrected chi connectivity index (χ2v) is 9.34. The van der Waals surface area contributed by atoms with Crippen LogP contribution in [-0.4, -0.2) is 53.2 Å². The maximum Gasteiger partial charge on any atom is 0.225 e. The Balaban J connectivity index is 1.41. The van der Waals surface area contributed by atoms with E-state index in [2.05, 4.69) is 14.9 Å². The summed E-state index contributed by atoms with van der Waals surface area (Å²) in [5.74, 6) is 2.28. The van der Waals surface area contributed by atoms with Gasteiger partial charge in [-0.05, 0) is 75.1 Å². The summed E-state index contributed by atoms with van der Waals surface area (Å²) in [4.78, 5) is 23.4. The van der Waals surface area contributed by atoms with Crippen LogP contribution in [0.5, 0.6) is 5.75 Å². The molecule has 1 aliphatic heterocycles. The van der Waals surface area contributed by atoms with Crippen LogP contribution in [0, 0.1) is 19.8 Å². The first-order valence-corrected chi connectivity index (χ1v) is 12.1. The summed E-state index contributed by atoms with van der Waals surface area (Å²) in [5.41, 5.74) is 7.98. The van der Waals surface area contributed by atoms with Crippen LogP contribution in [-0.2, 0) is 0 Å². The van der Waals surface area contributed by atoms with Crippen molar-refractivity contribution in [2.24, 2.45) is 11.7 Å². The van der Waals surface area contributed by atoms with Crippen molar-refractivity contribution in [2.45, 2.75) is 58.5 Å². The van der Waals surface area contributed by atoms with Gasteiger partial charge in [0.05, 0.1) is 30.1 Å². The maximum atomic E-state index is 12.6. The molecular weight excluding hydrogens is 440 g/mol. The van der Waals surface area contributed by atoms with Crippen molar-refractivity contribution in [3.63, 3.8) is 0 Å². The third-order valence-electron chi connectivity index (χ3n) is 6.29. The highest BCUT2D eigenvalue weighted by molar-refractivity contribution is 6.30. The second-order valence-electron chi connectivity index (χ2n) is 8.91. The Morgan fingerprint density at radius 1 is 1.24 bits per heavy atom. The van der Waals surface area contributed by atoms with Crippen LogP contribution in [0.2, 0.25) is 5.02 Å². The minimum absolute atomic E-state index is 0.0411. The highest BCUT2D eigenvalue weighted by Gasteiger charge is 2.21. The lowest BCUT2D eigenvalue weighted by molar-refractivity contribution is 0.0943. The van der Waals surface area contributed by atoms with E-state index in [1.807, 2.05) is 26.0 Å². The van der Waals surface area contributed by atoms with Crippen LogP contribution in [0.15, 0.2) is 24.5 Å². The molecule has 2 heterocycles. The molecule has 0 aliphatic carbocycles. The van der Waals surface area contributed by atoms with Gasteiger partial charge in [0.1, 0.15) is 5.75 Å². The Bertz CT molecular complexity index is 891. The highest BCUT2D eigenvalue weighted by atomic mass is 35.5. The fourth-order valence-corrected chi connectivity index (χ4v) is 4.54. The number of hydrogen-bond acceptors (Lipinski definition) is 7. The van der Waals surface area contributed by atoms with E-state index in [0.29, 0.717) is 30.4 Å². The molecular formula is C25H35ClN4O3. The number of Topliss-reactive ketones (excluding diaryl/α,β-unsaturated/α-hetero) is 1. The fourth-order valence-electron chi connectivity index (χ4n) is 4.44. The van der Waals surface area contributed by atoms with Crippen molar-refractivity contribution in [3.05, 3.63) is 46.2 Å². The zero-order valence-corrected chi connectivity index (χ0v) is 20.4. The van der Waals surface area contributed by atoms with Crippen LogP contribution in [0.4, 0.5) is 5.95 Å². The molecule has 33 heavy (non-hydrogen) atoms. The van der Waals surface area contributed by atoms with Crippen molar-refractivity contribution in [2.75, 3.05) is 31.1 Å².